The number of likely N-dealkylation sites (tertiary alicyclic amines) is 1. The van der Waals surface area contributed by atoms with Crippen LogP contribution in [0.3, 0.4) is 0 Å². The Kier molecular flexibility index (Phi) is 5.47. The second kappa shape index (κ2) is 8.48. The van der Waals surface area contributed by atoms with E-state index in [1.54, 1.807) is 0 Å². The number of hydrogen-bond donors (Lipinski definition) is 0. The Morgan fingerprint density at radius 2 is 1.74 bits per heavy atom. The quantitative estimate of drug-likeness (QED) is 0.204. The molecule has 0 radical (unpaired) electrons. The van der Waals surface area contributed by atoms with Gasteiger partial charge in [-0.15, -0.1) is 0 Å². The summed E-state index contributed by atoms with van der Waals surface area (Å²) in [6.45, 7) is -1.17. The molecule has 0 spiro atoms. The first-order valence-corrected chi connectivity index (χ1v) is 11.2. The monoisotopic (exact) mass is 462 g/mol. The second-order valence-corrected chi connectivity index (χ2v) is 9.12. The molecule has 0 unspecified atom stereocenters. The molecule has 2 amide bonds. The number of nitrogens with zero attached hydrogens (tertiary/aromatic N) is 2. The van der Waals surface area contributed by atoms with Crippen LogP contribution in [-0.4, -0.2) is 46.5 Å². The number of esters is 1. The molecular weight excluding hydrogens is 440 g/mol. The SMILES string of the molecule is O=C(CN1C(=O)[C@@H]2[C@@H]3C[C@H]([C@H]2C1=O)[C@H](c1ccccc1)C3)OCC(=O)c1cccc([N+](=O)[O-])c1. The predicted molar refractivity (Wildman–Crippen MR) is 117 cm³/mol. The maximum absolute atomic E-state index is 13.1. The van der Waals surface area contributed by atoms with Gasteiger partial charge in [0, 0.05) is 17.7 Å². The Balaban J connectivity index is 1.21. The number of hydrogen-bond acceptors (Lipinski definition) is 7. The summed E-state index contributed by atoms with van der Waals surface area (Å²) in [5.41, 5.74) is 0.958. The van der Waals surface area contributed by atoms with Crippen LogP contribution in [0.15, 0.2) is 54.6 Å². The summed E-state index contributed by atoms with van der Waals surface area (Å²) in [5.74, 6) is -2.56. The lowest BCUT2D eigenvalue weighted by Crippen LogP contribution is -2.38. The molecule has 0 aromatic heterocycles. The summed E-state index contributed by atoms with van der Waals surface area (Å²) >= 11 is 0. The average molecular weight is 462 g/mol. The van der Waals surface area contributed by atoms with Crippen LogP contribution in [0.5, 0.6) is 0 Å². The van der Waals surface area contributed by atoms with E-state index in [9.17, 15) is 29.3 Å². The molecule has 1 heterocycles. The van der Waals surface area contributed by atoms with E-state index in [0.29, 0.717) is 0 Å². The zero-order valence-electron chi connectivity index (χ0n) is 18.2. The topological polar surface area (TPSA) is 124 Å². The number of carbonyl (C=O) groups excluding carboxylic acids is 4. The van der Waals surface area contributed by atoms with Crippen LogP contribution in [-0.2, 0) is 19.1 Å². The first kappa shape index (κ1) is 21.9. The molecule has 9 nitrogen and oxygen atoms in total. The van der Waals surface area contributed by atoms with Crippen LogP contribution >= 0.6 is 0 Å². The van der Waals surface area contributed by atoms with Crippen molar-refractivity contribution in [3.05, 3.63) is 75.8 Å². The second-order valence-electron chi connectivity index (χ2n) is 9.12. The van der Waals surface area contributed by atoms with E-state index in [2.05, 4.69) is 12.1 Å². The van der Waals surface area contributed by atoms with Gasteiger partial charge in [0.05, 0.1) is 16.8 Å². The summed E-state index contributed by atoms with van der Waals surface area (Å²) < 4.78 is 4.99. The number of Topliss-reactive ketones (excluding diaryl/α,β-unsaturated/α-hetero) is 1. The van der Waals surface area contributed by atoms with E-state index in [-0.39, 0.29) is 40.8 Å². The van der Waals surface area contributed by atoms with Gasteiger partial charge in [-0.1, -0.05) is 42.5 Å². The maximum Gasteiger partial charge on any atom is 0.326 e. The number of non-ortho nitro benzene ring substituents is 1. The van der Waals surface area contributed by atoms with E-state index < -0.39 is 41.7 Å². The van der Waals surface area contributed by atoms with Gasteiger partial charge in [0.15, 0.2) is 6.61 Å². The molecule has 2 aromatic carbocycles. The highest BCUT2D eigenvalue weighted by molar-refractivity contribution is 6.08. The molecule has 2 aliphatic carbocycles. The molecule has 2 saturated carbocycles. The third kappa shape index (κ3) is 3.67. The van der Waals surface area contributed by atoms with Gasteiger partial charge in [-0.3, -0.25) is 34.2 Å². The molecular formula is C25H22N2O7. The van der Waals surface area contributed by atoms with Crippen LogP contribution < -0.4 is 0 Å². The van der Waals surface area contributed by atoms with Crippen molar-refractivity contribution in [3.8, 4) is 0 Å². The Labute approximate surface area is 194 Å². The maximum atomic E-state index is 13.1. The fourth-order valence-corrected chi connectivity index (χ4v) is 5.96. The van der Waals surface area contributed by atoms with Gasteiger partial charge in [0.1, 0.15) is 6.54 Å². The third-order valence-electron chi connectivity index (χ3n) is 7.36. The number of nitro groups is 1. The minimum absolute atomic E-state index is 0.0355. The number of carbonyl (C=O) groups is 4. The molecule has 5 rings (SSSR count). The lowest BCUT2D eigenvalue weighted by atomic mass is 9.73. The first-order valence-electron chi connectivity index (χ1n) is 11.2. The molecule has 3 aliphatic rings. The fraction of sp³-hybridized carbons (Fsp3) is 0.360. The van der Waals surface area contributed by atoms with Crippen molar-refractivity contribution in [3.63, 3.8) is 0 Å². The summed E-state index contributed by atoms with van der Waals surface area (Å²) in [4.78, 5) is 62.0. The Hall–Kier alpha value is -3.88. The smallest absolute Gasteiger partial charge is 0.326 e. The molecule has 174 valence electrons. The van der Waals surface area contributed by atoms with Gasteiger partial charge in [-0.25, -0.2) is 0 Å². The lowest BCUT2D eigenvalue weighted by Gasteiger charge is -2.28. The molecule has 1 aliphatic heterocycles. The van der Waals surface area contributed by atoms with Crippen molar-refractivity contribution in [2.75, 3.05) is 13.2 Å². The van der Waals surface area contributed by atoms with Gasteiger partial charge >= 0.3 is 5.97 Å². The van der Waals surface area contributed by atoms with Crippen LogP contribution in [0.1, 0.15) is 34.7 Å². The van der Waals surface area contributed by atoms with Crippen molar-refractivity contribution < 1.29 is 28.8 Å². The van der Waals surface area contributed by atoms with Gasteiger partial charge in [-0.05, 0) is 36.2 Å². The number of amides is 2. The van der Waals surface area contributed by atoms with E-state index in [0.717, 1.165) is 23.8 Å². The summed E-state index contributed by atoms with van der Waals surface area (Å²) in [7, 11) is 0. The summed E-state index contributed by atoms with van der Waals surface area (Å²) in [6, 6.07) is 15.1. The lowest BCUT2D eigenvalue weighted by molar-refractivity contribution is -0.384. The van der Waals surface area contributed by atoms with Crippen molar-refractivity contribution in [1.29, 1.82) is 0 Å². The number of rotatable bonds is 7. The Bertz CT molecular complexity index is 1190. The predicted octanol–water partition coefficient (Wildman–Crippen LogP) is 2.75. The normalized spacial score (nSPS) is 27.1. The van der Waals surface area contributed by atoms with E-state index in [1.165, 1.54) is 23.8 Å². The largest absolute Gasteiger partial charge is 0.456 e. The molecule has 9 heteroatoms. The zero-order chi connectivity index (χ0) is 24.0. The highest BCUT2D eigenvalue weighted by atomic mass is 16.6. The van der Waals surface area contributed by atoms with Crippen molar-refractivity contribution in [2.24, 2.45) is 23.7 Å². The number of ketones is 1. The summed E-state index contributed by atoms with van der Waals surface area (Å²) in [5, 5.41) is 10.9. The van der Waals surface area contributed by atoms with Gasteiger partial charge in [0.2, 0.25) is 17.6 Å². The molecule has 2 aromatic rings. The average Bonchev–Trinajstić information content (AvgIpc) is 3.51. The minimum Gasteiger partial charge on any atom is -0.456 e. The Morgan fingerprint density at radius 3 is 2.47 bits per heavy atom. The third-order valence-corrected chi connectivity index (χ3v) is 7.36. The summed E-state index contributed by atoms with van der Waals surface area (Å²) in [6.07, 6.45) is 1.69. The van der Waals surface area contributed by atoms with E-state index in [1.807, 2.05) is 18.2 Å². The number of ether oxygens (including phenoxy) is 1. The molecule has 2 bridgehead atoms. The van der Waals surface area contributed by atoms with Crippen LogP contribution in [0, 0.1) is 33.8 Å². The van der Waals surface area contributed by atoms with Crippen LogP contribution in [0.25, 0.3) is 0 Å². The molecule has 3 fully saturated rings. The van der Waals surface area contributed by atoms with Crippen LogP contribution in [0.2, 0.25) is 0 Å². The highest BCUT2D eigenvalue weighted by Gasteiger charge is 2.64. The number of benzene rings is 2. The van der Waals surface area contributed by atoms with Crippen LogP contribution in [0.4, 0.5) is 5.69 Å². The van der Waals surface area contributed by atoms with Gasteiger partial charge < -0.3 is 4.74 Å². The molecule has 1 saturated heterocycles. The number of nitro benzene ring substituents is 1. The highest BCUT2D eigenvalue weighted by Crippen LogP contribution is 2.61. The van der Waals surface area contributed by atoms with Gasteiger partial charge in [0.25, 0.3) is 5.69 Å². The first-order chi connectivity index (χ1) is 16.3. The van der Waals surface area contributed by atoms with Crippen molar-refractivity contribution in [2.45, 2.75) is 18.8 Å². The van der Waals surface area contributed by atoms with Crippen molar-refractivity contribution in [1.82, 2.24) is 4.90 Å². The van der Waals surface area contributed by atoms with E-state index in [4.69, 9.17) is 4.74 Å². The Morgan fingerprint density at radius 1 is 1.00 bits per heavy atom. The number of imide groups is 1. The number of fused-ring (bicyclic) bond motifs is 5. The minimum atomic E-state index is -0.868. The van der Waals surface area contributed by atoms with Gasteiger partial charge in [-0.2, -0.15) is 0 Å². The van der Waals surface area contributed by atoms with E-state index >= 15 is 0 Å². The molecule has 0 N–H and O–H groups in total. The molecule has 5 atom stereocenters. The molecule has 34 heavy (non-hydrogen) atoms. The fourth-order valence-electron chi connectivity index (χ4n) is 5.96. The zero-order valence-corrected chi connectivity index (χ0v) is 18.2. The standard InChI is InChI=1S/C25H22N2O7/c28-20(15-7-4-8-17(9-15)27(32)33)13-34-21(29)12-26-24(30)22-16-10-18(14-5-2-1-3-6-14)19(11-16)23(22)25(26)31/h1-9,16,18-19,22-23H,10-13H2/t16-,18-,19-,22+,23+/m0/s1. The van der Waals surface area contributed by atoms with Crippen molar-refractivity contribution >= 4 is 29.3 Å².